The number of unbranched alkanes of at least 4 members (excludes halogenated alkanes) is 22. The molecule has 19 heteroatoms. The quantitative estimate of drug-likeness (QED) is 0.0169. The first kappa shape index (κ1) is 98.7. The zero-order valence-corrected chi connectivity index (χ0v) is 66.4. The van der Waals surface area contributed by atoms with E-state index in [0.29, 0.717) is 25.7 Å². The minimum atomic E-state index is -5.01. The lowest BCUT2D eigenvalue weighted by molar-refractivity contribution is -0.161. The number of aliphatic hydroxyl groups excluding tert-OH is 1. The zero-order valence-electron chi connectivity index (χ0n) is 64.6. The van der Waals surface area contributed by atoms with Crippen LogP contribution in [0.15, 0.2) is 158 Å². The third-order valence-electron chi connectivity index (χ3n) is 16.0. The lowest BCUT2D eigenvalue weighted by atomic mass is 10.1. The largest absolute Gasteiger partial charge is 0.472 e. The summed E-state index contributed by atoms with van der Waals surface area (Å²) in [5.74, 6) is -2.38. The molecule has 0 amide bonds. The Balaban J connectivity index is 5.46. The van der Waals surface area contributed by atoms with Crippen LogP contribution in [0.1, 0.15) is 297 Å². The van der Waals surface area contributed by atoms with E-state index in [2.05, 4.69) is 161 Å². The first-order valence-electron chi connectivity index (χ1n) is 39.7. The highest BCUT2D eigenvalue weighted by Crippen LogP contribution is 2.45. The highest BCUT2D eigenvalue weighted by Gasteiger charge is 2.30. The van der Waals surface area contributed by atoms with E-state index >= 15 is 0 Å². The minimum Gasteiger partial charge on any atom is -0.462 e. The fraction of sp³-hybridized carbons (Fsp3) is 0.647. The zero-order chi connectivity index (χ0) is 76.0. The molecule has 0 spiro atoms. The Kier molecular flexibility index (Phi) is 72.0. The summed E-state index contributed by atoms with van der Waals surface area (Å²) in [6.07, 6.45) is 88.2. The fourth-order valence-corrected chi connectivity index (χ4v) is 11.6. The first-order chi connectivity index (χ1) is 50.7. The number of phosphoric ester groups is 2. The van der Waals surface area contributed by atoms with E-state index in [0.717, 1.165) is 180 Å². The number of allylic oxidation sites excluding steroid dienone is 25. The van der Waals surface area contributed by atoms with Crippen molar-refractivity contribution in [2.24, 2.45) is 0 Å². The number of aliphatic hydroxyl groups is 1. The van der Waals surface area contributed by atoms with Gasteiger partial charge < -0.3 is 33.8 Å². The topological polar surface area (TPSA) is 237 Å². The van der Waals surface area contributed by atoms with Gasteiger partial charge in [0, 0.05) is 19.3 Å². The number of phosphoric acid groups is 2. The van der Waals surface area contributed by atoms with Crippen LogP contribution in [-0.2, 0) is 65.4 Å². The Morgan fingerprint density at radius 1 is 0.288 bits per heavy atom. The van der Waals surface area contributed by atoms with Crippen LogP contribution in [0.25, 0.3) is 0 Å². The molecule has 0 aliphatic rings. The first-order valence-corrected chi connectivity index (χ1v) is 42.7. The normalized spacial score (nSPS) is 14.7. The molecule has 0 saturated heterocycles. The van der Waals surface area contributed by atoms with E-state index in [4.69, 9.17) is 37.0 Å². The average Bonchev–Trinajstić information content (AvgIpc) is 0.912. The summed E-state index contributed by atoms with van der Waals surface area (Å²) in [7, 11) is -10.0. The molecule has 3 N–H and O–H groups in total. The van der Waals surface area contributed by atoms with Gasteiger partial charge in [-0.25, -0.2) is 9.13 Å². The number of rotatable bonds is 73. The van der Waals surface area contributed by atoms with Gasteiger partial charge in [-0.3, -0.25) is 37.3 Å². The van der Waals surface area contributed by atoms with Crippen molar-refractivity contribution in [2.45, 2.75) is 316 Å². The van der Waals surface area contributed by atoms with Crippen LogP contribution < -0.4 is 0 Å². The summed E-state index contributed by atoms with van der Waals surface area (Å²) in [4.78, 5) is 73.0. The van der Waals surface area contributed by atoms with Gasteiger partial charge in [0.1, 0.15) is 19.3 Å². The molecular formula is C85H140O17P2. The molecule has 0 aromatic rings. The fourth-order valence-electron chi connectivity index (χ4n) is 9.99. The summed E-state index contributed by atoms with van der Waals surface area (Å²) in [5.41, 5.74) is 0. The van der Waals surface area contributed by atoms with Gasteiger partial charge in [0.2, 0.25) is 0 Å². The van der Waals surface area contributed by atoms with E-state index in [1.165, 1.54) is 38.5 Å². The monoisotopic (exact) mass is 1490 g/mol. The third kappa shape index (κ3) is 74.9. The van der Waals surface area contributed by atoms with Crippen LogP contribution in [0.5, 0.6) is 0 Å². The predicted molar refractivity (Wildman–Crippen MR) is 427 cm³/mol. The molecular weight excluding hydrogens is 1350 g/mol. The van der Waals surface area contributed by atoms with Crippen LogP contribution in [0.2, 0.25) is 0 Å². The highest BCUT2D eigenvalue weighted by molar-refractivity contribution is 7.47. The average molecular weight is 1500 g/mol. The second-order valence-electron chi connectivity index (χ2n) is 25.9. The summed E-state index contributed by atoms with van der Waals surface area (Å²) < 4.78 is 68.4. The van der Waals surface area contributed by atoms with E-state index in [1.54, 1.807) is 6.08 Å². The molecule has 104 heavy (non-hydrogen) atoms. The van der Waals surface area contributed by atoms with Gasteiger partial charge in [0.05, 0.1) is 32.8 Å². The third-order valence-corrected chi connectivity index (χ3v) is 17.9. The van der Waals surface area contributed by atoms with Crippen molar-refractivity contribution >= 4 is 39.5 Å². The Morgan fingerprint density at radius 3 is 0.856 bits per heavy atom. The number of carbonyl (C=O) groups is 4. The molecule has 0 aliphatic carbocycles. The molecule has 0 aromatic carbocycles. The number of hydrogen-bond acceptors (Lipinski definition) is 15. The maximum atomic E-state index is 13.1. The van der Waals surface area contributed by atoms with E-state index in [-0.39, 0.29) is 25.7 Å². The molecule has 5 unspecified atom stereocenters. The summed E-state index contributed by atoms with van der Waals surface area (Å²) >= 11 is 0. The second kappa shape index (κ2) is 75.9. The Morgan fingerprint density at radius 2 is 0.538 bits per heavy atom. The van der Waals surface area contributed by atoms with Crippen LogP contribution in [-0.4, -0.2) is 96.7 Å². The molecule has 592 valence electrons. The summed E-state index contributed by atoms with van der Waals surface area (Å²) in [6.45, 7) is 4.43. The van der Waals surface area contributed by atoms with Gasteiger partial charge >= 0.3 is 39.5 Å². The van der Waals surface area contributed by atoms with Crippen LogP contribution in [0.3, 0.4) is 0 Å². The number of hydrogen-bond donors (Lipinski definition) is 3. The molecule has 0 heterocycles. The van der Waals surface area contributed by atoms with Gasteiger partial charge in [0.25, 0.3) is 0 Å². The van der Waals surface area contributed by atoms with Crippen LogP contribution >= 0.6 is 15.6 Å². The van der Waals surface area contributed by atoms with Gasteiger partial charge in [-0.2, -0.15) is 0 Å². The molecule has 17 nitrogen and oxygen atoms in total. The van der Waals surface area contributed by atoms with Crippen molar-refractivity contribution in [1.29, 1.82) is 0 Å². The lowest BCUT2D eigenvalue weighted by Crippen LogP contribution is -2.30. The minimum absolute atomic E-state index is 0.0546. The van der Waals surface area contributed by atoms with Crippen LogP contribution in [0, 0.1) is 0 Å². The van der Waals surface area contributed by atoms with E-state index in [9.17, 15) is 43.2 Å². The standard InChI is InChI=1S/C85H140O17P2/c1-5-9-13-17-21-25-29-33-37-38-39-40-44-46-50-54-58-62-66-70-83(88)96-76-81(102-85(90)72-68-64-60-56-52-48-43-36-32-28-24-20-16-12-8-4)78-100-104(93,94)98-74-79(86)73-97-103(91,92)99-77-80(101-84(89)71-67-63-59-55-51-47-42-35-31-27-23-19-15-11-7-3)75-95-82(87)69-65-61-57-53-49-45-41-34-30-26-22-18-14-10-6-2/h9-10,13-14,21-28,33-37,39-43,49,53,61,65,79-81,86H,5-8,11-12,15-20,29-32,38,44-48,50-52,54-60,62-64,66-78H2,1-4H3,(H,91,92)(H,93,94)/b13-9-,14-10-,25-21-,26-22-,27-23-,28-24-,37-33-,40-39-,41-34-,42-35-,43-36-,53-49-,65-61-. The SMILES string of the molecule is CC/C=C\C/C=C\C/C=C\C/C=C\C/C=C\CC(=O)OCC(COP(=O)(O)OCC(O)COP(=O)(O)OCC(COC(=O)CCCCCCCC/C=C\C/C=C\C/C=C\C/C=C\CC)OC(=O)CCCCCCC/C=C\C/C=C\CCCCC)OC(=O)CCCCCCC/C=C\C/C=C\CCCCC. The van der Waals surface area contributed by atoms with Crippen molar-refractivity contribution < 1.29 is 80.2 Å². The molecule has 0 saturated carbocycles. The number of carbonyl (C=O) groups excluding carboxylic acids is 4. The molecule has 0 aromatic heterocycles. The van der Waals surface area contributed by atoms with Crippen molar-refractivity contribution in [3.8, 4) is 0 Å². The van der Waals surface area contributed by atoms with Gasteiger partial charge in [-0.1, -0.05) is 276 Å². The predicted octanol–water partition coefficient (Wildman–Crippen LogP) is 23.2. The van der Waals surface area contributed by atoms with Crippen molar-refractivity contribution in [3.05, 3.63) is 158 Å². The summed E-state index contributed by atoms with van der Waals surface area (Å²) in [6, 6.07) is 0. The van der Waals surface area contributed by atoms with Crippen molar-refractivity contribution in [1.82, 2.24) is 0 Å². The molecule has 0 radical (unpaired) electrons. The van der Waals surface area contributed by atoms with Gasteiger partial charge in [-0.15, -0.1) is 0 Å². The summed E-state index contributed by atoms with van der Waals surface area (Å²) in [5, 5.41) is 10.6. The van der Waals surface area contributed by atoms with Crippen molar-refractivity contribution in [3.63, 3.8) is 0 Å². The molecule has 0 bridgehead atoms. The number of esters is 4. The molecule has 0 rings (SSSR count). The second-order valence-corrected chi connectivity index (χ2v) is 28.8. The van der Waals surface area contributed by atoms with E-state index in [1.807, 2.05) is 18.2 Å². The molecule has 0 aliphatic heterocycles. The van der Waals surface area contributed by atoms with Gasteiger partial charge in [0.15, 0.2) is 12.2 Å². The highest BCUT2D eigenvalue weighted by atomic mass is 31.2. The molecule has 0 fully saturated rings. The molecule has 5 atom stereocenters. The Bertz CT molecular complexity index is 2590. The van der Waals surface area contributed by atoms with Gasteiger partial charge in [-0.05, 0) is 154 Å². The van der Waals surface area contributed by atoms with Crippen molar-refractivity contribution in [2.75, 3.05) is 39.6 Å². The number of ether oxygens (including phenoxy) is 4. The Hall–Kier alpha value is -5.32. The van der Waals surface area contributed by atoms with E-state index < -0.39 is 97.5 Å². The van der Waals surface area contributed by atoms with Crippen LogP contribution in [0.4, 0.5) is 0 Å². The maximum Gasteiger partial charge on any atom is 0.472 e. The Labute approximate surface area is 629 Å². The lowest BCUT2D eigenvalue weighted by Gasteiger charge is -2.21. The smallest absolute Gasteiger partial charge is 0.462 e. The maximum absolute atomic E-state index is 13.1.